The second-order valence-electron chi connectivity index (χ2n) is 4.30. The van der Waals surface area contributed by atoms with Crippen LogP contribution < -0.4 is 5.32 Å². The molecule has 1 rings (SSSR count). The highest BCUT2D eigenvalue weighted by atomic mass is 19.1. The molecule has 0 aliphatic heterocycles. The van der Waals surface area contributed by atoms with Crippen LogP contribution in [0.5, 0.6) is 0 Å². The van der Waals surface area contributed by atoms with Crippen molar-refractivity contribution in [2.75, 3.05) is 5.32 Å². The molecule has 0 aliphatic carbocycles. The second-order valence-corrected chi connectivity index (χ2v) is 4.30. The molecular weight excluding hydrogens is 200 g/mol. The maximum atomic E-state index is 13.1. The Hall–Kier alpha value is -1.45. The highest BCUT2D eigenvalue weighted by molar-refractivity contribution is 5.94. The van der Waals surface area contributed by atoms with Gasteiger partial charge in [0.2, 0.25) is 5.91 Å². The summed E-state index contributed by atoms with van der Waals surface area (Å²) in [7, 11) is 0. The van der Waals surface area contributed by atoms with Crippen molar-refractivity contribution in [2.24, 2.45) is 5.41 Å². The summed E-state index contributed by atoms with van der Waals surface area (Å²) in [5.74, 6) is -1.97. The minimum Gasteiger partial charge on any atom is -0.321 e. The van der Waals surface area contributed by atoms with Crippen molar-refractivity contribution in [2.45, 2.75) is 20.8 Å². The zero-order valence-corrected chi connectivity index (χ0v) is 8.90. The highest BCUT2D eigenvalue weighted by Crippen LogP contribution is 2.22. The van der Waals surface area contributed by atoms with E-state index in [0.717, 1.165) is 12.1 Å². The number of hydrogen-bond donors (Lipinski definition) is 1. The number of anilines is 1. The first kappa shape index (κ1) is 11.6. The molecule has 2 nitrogen and oxygen atoms in total. The van der Waals surface area contributed by atoms with Gasteiger partial charge in [0, 0.05) is 5.41 Å². The third-order valence-corrected chi connectivity index (χ3v) is 1.88. The molecule has 15 heavy (non-hydrogen) atoms. The SMILES string of the molecule is CC(C)(C)C(=O)Nc1c(F)cccc1F. The molecule has 4 heteroatoms. The Labute approximate surface area is 87.3 Å². The molecule has 0 unspecified atom stereocenters. The van der Waals surface area contributed by atoms with Gasteiger partial charge in [-0.05, 0) is 12.1 Å². The molecule has 0 spiro atoms. The van der Waals surface area contributed by atoms with Gasteiger partial charge in [0.25, 0.3) is 0 Å². The Morgan fingerprint density at radius 1 is 1.20 bits per heavy atom. The van der Waals surface area contributed by atoms with Crippen LogP contribution in [0.4, 0.5) is 14.5 Å². The standard InChI is InChI=1S/C11H13F2NO/c1-11(2,3)10(15)14-9-7(12)5-4-6-8(9)13/h4-6H,1-3H3,(H,14,15). The van der Waals surface area contributed by atoms with Gasteiger partial charge in [-0.25, -0.2) is 8.78 Å². The van der Waals surface area contributed by atoms with E-state index in [4.69, 9.17) is 0 Å². The van der Waals surface area contributed by atoms with E-state index in [1.54, 1.807) is 20.8 Å². The third kappa shape index (κ3) is 2.75. The number of carbonyl (C=O) groups is 1. The van der Waals surface area contributed by atoms with E-state index in [0.29, 0.717) is 0 Å². The van der Waals surface area contributed by atoms with Crippen LogP contribution in [-0.2, 0) is 4.79 Å². The minimum atomic E-state index is -0.771. The van der Waals surface area contributed by atoms with Crippen molar-refractivity contribution < 1.29 is 13.6 Å². The lowest BCUT2D eigenvalue weighted by Crippen LogP contribution is -2.28. The number of amides is 1. The highest BCUT2D eigenvalue weighted by Gasteiger charge is 2.23. The summed E-state index contributed by atoms with van der Waals surface area (Å²) in [5.41, 5.74) is -1.08. The summed E-state index contributed by atoms with van der Waals surface area (Å²) in [6.45, 7) is 5.00. The van der Waals surface area contributed by atoms with Crippen LogP contribution in [-0.4, -0.2) is 5.91 Å². The quantitative estimate of drug-likeness (QED) is 0.763. The van der Waals surface area contributed by atoms with Crippen molar-refractivity contribution in [1.82, 2.24) is 0 Å². The minimum absolute atomic E-state index is 0.391. The number of hydrogen-bond acceptors (Lipinski definition) is 1. The Bertz CT molecular complexity index is 362. The molecule has 0 heterocycles. The van der Waals surface area contributed by atoms with E-state index in [1.165, 1.54) is 6.07 Å². The smallest absolute Gasteiger partial charge is 0.229 e. The summed E-state index contributed by atoms with van der Waals surface area (Å²) >= 11 is 0. The molecule has 0 atom stereocenters. The number of benzene rings is 1. The van der Waals surface area contributed by atoms with Crippen LogP contribution in [0, 0.1) is 17.0 Å². The van der Waals surface area contributed by atoms with E-state index >= 15 is 0 Å². The zero-order valence-electron chi connectivity index (χ0n) is 8.90. The van der Waals surface area contributed by atoms with Gasteiger partial charge >= 0.3 is 0 Å². The van der Waals surface area contributed by atoms with Crippen LogP contribution in [0.25, 0.3) is 0 Å². The maximum Gasteiger partial charge on any atom is 0.229 e. The summed E-state index contributed by atoms with van der Waals surface area (Å²) in [5, 5.41) is 2.23. The average molecular weight is 213 g/mol. The van der Waals surface area contributed by atoms with Crippen molar-refractivity contribution in [1.29, 1.82) is 0 Å². The summed E-state index contributed by atoms with van der Waals surface area (Å²) in [6, 6.07) is 3.44. The zero-order chi connectivity index (χ0) is 11.6. The van der Waals surface area contributed by atoms with E-state index in [9.17, 15) is 13.6 Å². The Balaban J connectivity index is 2.95. The van der Waals surface area contributed by atoms with Crippen molar-refractivity contribution in [3.8, 4) is 0 Å². The predicted molar refractivity (Wildman–Crippen MR) is 54.4 cm³/mol. The number of rotatable bonds is 1. The van der Waals surface area contributed by atoms with E-state index in [1.807, 2.05) is 0 Å². The van der Waals surface area contributed by atoms with Gasteiger partial charge in [-0.15, -0.1) is 0 Å². The number of carbonyl (C=O) groups excluding carboxylic acids is 1. The number of para-hydroxylation sites is 1. The molecule has 0 saturated heterocycles. The topological polar surface area (TPSA) is 29.1 Å². The molecule has 0 radical (unpaired) electrons. The number of halogens is 2. The van der Waals surface area contributed by atoms with Gasteiger partial charge in [0.05, 0.1) is 0 Å². The second kappa shape index (κ2) is 3.96. The summed E-state index contributed by atoms with van der Waals surface area (Å²) in [4.78, 5) is 11.5. The average Bonchev–Trinajstić information content (AvgIpc) is 2.09. The fourth-order valence-electron chi connectivity index (χ4n) is 0.918. The lowest BCUT2D eigenvalue weighted by Gasteiger charge is -2.18. The van der Waals surface area contributed by atoms with Crippen LogP contribution in [0.1, 0.15) is 20.8 Å². The lowest BCUT2D eigenvalue weighted by atomic mass is 9.95. The van der Waals surface area contributed by atoms with Gasteiger partial charge in [-0.1, -0.05) is 26.8 Å². The molecule has 0 aromatic heterocycles. The first-order chi connectivity index (χ1) is 6.82. The predicted octanol–water partition coefficient (Wildman–Crippen LogP) is 2.95. The van der Waals surface area contributed by atoms with Gasteiger partial charge in [0.1, 0.15) is 17.3 Å². The van der Waals surface area contributed by atoms with Gasteiger partial charge in [0.15, 0.2) is 0 Å². The van der Waals surface area contributed by atoms with Crippen LogP contribution in [0.2, 0.25) is 0 Å². The first-order valence-corrected chi connectivity index (χ1v) is 4.58. The third-order valence-electron chi connectivity index (χ3n) is 1.88. The molecular formula is C11H13F2NO. The Morgan fingerprint density at radius 3 is 2.07 bits per heavy atom. The van der Waals surface area contributed by atoms with Crippen molar-refractivity contribution in [3.63, 3.8) is 0 Å². The van der Waals surface area contributed by atoms with Gasteiger partial charge in [-0.2, -0.15) is 0 Å². The molecule has 1 aromatic rings. The maximum absolute atomic E-state index is 13.1. The molecule has 1 amide bonds. The summed E-state index contributed by atoms with van der Waals surface area (Å²) in [6.07, 6.45) is 0. The van der Waals surface area contributed by atoms with E-state index in [2.05, 4.69) is 5.32 Å². The molecule has 0 bridgehead atoms. The van der Waals surface area contributed by atoms with E-state index in [-0.39, 0.29) is 0 Å². The largest absolute Gasteiger partial charge is 0.321 e. The first-order valence-electron chi connectivity index (χ1n) is 4.58. The van der Waals surface area contributed by atoms with Gasteiger partial charge < -0.3 is 5.32 Å². The number of nitrogens with one attached hydrogen (secondary N) is 1. The Kier molecular flexibility index (Phi) is 3.07. The fraction of sp³-hybridized carbons (Fsp3) is 0.364. The lowest BCUT2D eigenvalue weighted by molar-refractivity contribution is -0.123. The molecule has 1 N–H and O–H groups in total. The Morgan fingerprint density at radius 2 is 1.67 bits per heavy atom. The van der Waals surface area contributed by atoms with Gasteiger partial charge in [-0.3, -0.25) is 4.79 Å². The molecule has 82 valence electrons. The molecule has 0 saturated carbocycles. The van der Waals surface area contributed by atoms with E-state index < -0.39 is 28.6 Å². The molecule has 1 aromatic carbocycles. The van der Waals surface area contributed by atoms with Crippen molar-refractivity contribution >= 4 is 11.6 Å². The normalized spacial score (nSPS) is 11.3. The fourth-order valence-corrected chi connectivity index (χ4v) is 0.918. The summed E-state index contributed by atoms with van der Waals surface area (Å²) < 4.78 is 26.3. The molecule has 0 fully saturated rings. The molecule has 0 aliphatic rings. The monoisotopic (exact) mass is 213 g/mol. The van der Waals surface area contributed by atoms with Crippen LogP contribution >= 0.6 is 0 Å². The van der Waals surface area contributed by atoms with Crippen LogP contribution in [0.15, 0.2) is 18.2 Å². The van der Waals surface area contributed by atoms with Crippen LogP contribution in [0.3, 0.4) is 0 Å². The van der Waals surface area contributed by atoms with Crippen molar-refractivity contribution in [3.05, 3.63) is 29.8 Å².